The standard InChI is InChI=1S/C35H39F3N2O4/c36-35(37,38)29-17-15-27(16-18-29)31(19-21-40-34(42)43)28-12-6-9-25(22-28)8-2-1-5-20-39-23-30(41)24-44-33-14-7-11-26-10-3-4-13-32(26)33/h3-4,6-7,9-18,22,30-31,39-41H,1-2,5,8,19-21,23-24H2,(H,42,43). The molecule has 0 aliphatic rings. The van der Waals surface area contributed by atoms with Gasteiger partial charge >= 0.3 is 12.3 Å². The van der Waals surface area contributed by atoms with Crippen molar-refractivity contribution in [3.63, 3.8) is 0 Å². The first-order valence-corrected chi connectivity index (χ1v) is 14.9. The van der Waals surface area contributed by atoms with Crippen LogP contribution in [-0.2, 0) is 12.6 Å². The molecule has 0 saturated heterocycles. The molecule has 0 saturated carbocycles. The maximum absolute atomic E-state index is 13.1. The second-order valence-corrected chi connectivity index (χ2v) is 10.9. The van der Waals surface area contributed by atoms with Crippen LogP contribution in [-0.4, -0.2) is 48.7 Å². The lowest BCUT2D eigenvalue weighted by molar-refractivity contribution is -0.137. The predicted molar refractivity (Wildman–Crippen MR) is 166 cm³/mol. The number of rotatable bonds is 16. The molecule has 0 fully saturated rings. The highest BCUT2D eigenvalue weighted by atomic mass is 19.4. The first-order valence-electron chi connectivity index (χ1n) is 14.9. The van der Waals surface area contributed by atoms with Gasteiger partial charge in [-0.05, 0) is 72.5 Å². The lowest BCUT2D eigenvalue weighted by atomic mass is 9.86. The van der Waals surface area contributed by atoms with E-state index in [1.807, 2.05) is 60.7 Å². The molecular formula is C35H39F3N2O4. The number of aliphatic hydroxyl groups excluding tert-OH is 1. The number of carbonyl (C=O) groups is 1. The molecule has 0 radical (unpaired) electrons. The molecule has 0 aromatic heterocycles. The van der Waals surface area contributed by atoms with Crippen molar-refractivity contribution in [1.29, 1.82) is 0 Å². The molecule has 44 heavy (non-hydrogen) atoms. The topological polar surface area (TPSA) is 90.8 Å². The zero-order chi connectivity index (χ0) is 31.4. The molecule has 0 bridgehead atoms. The highest BCUT2D eigenvalue weighted by Crippen LogP contribution is 2.33. The van der Waals surface area contributed by atoms with Crippen molar-refractivity contribution in [2.24, 2.45) is 0 Å². The summed E-state index contributed by atoms with van der Waals surface area (Å²) in [7, 11) is 0. The number of aliphatic hydroxyl groups is 1. The van der Waals surface area contributed by atoms with Gasteiger partial charge < -0.3 is 25.6 Å². The lowest BCUT2D eigenvalue weighted by Gasteiger charge is -2.20. The van der Waals surface area contributed by atoms with Crippen LogP contribution in [0, 0.1) is 0 Å². The van der Waals surface area contributed by atoms with E-state index in [0.29, 0.717) is 18.5 Å². The Hall–Kier alpha value is -4.08. The van der Waals surface area contributed by atoms with Gasteiger partial charge in [0.25, 0.3) is 0 Å². The molecule has 1 amide bonds. The number of benzene rings is 4. The Labute approximate surface area is 255 Å². The van der Waals surface area contributed by atoms with Crippen LogP contribution in [0.1, 0.15) is 53.9 Å². The van der Waals surface area contributed by atoms with Crippen LogP contribution in [0.3, 0.4) is 0 Å². The van der Waals surface area contributed by atoms with Gasteiger partial charge in [-0.3, -0.25) is 0 Å². The fourth-order valence-electron chi connectivity index (χ4n) is 5.31. The third-order valence-corrected chi connectivity index (χ3v) is 7.58. The van der Waals surface area contributed by atoms with E-state index in [-0.39, 0.29) is 19.1 Å². The molecule has 9 heteroatoms. The minimum atomic E-state index is -4.42. The average molecular weight is 609 g/mol. The fraction of sp³-hybridized carbons (Fsp3) is 0.343. The Kier molecular flexibility index (Phi) is 12.0. The Morgan fingerprint density at radius 3 is 2.36 bits per heavy atom. The van der Waals surface area contributed by atoms with E-state index in [4.69, 9.17) is 9.84 Å². The minimum absolute atomic E-state index is 0.183. The summed E-state index contributed by atoms with van der Waals surface area (Å²) >= 11 is 0. The van der Waals surface area contributed by atoms with E-state index >= 15 is 0 Å². The normalized spacial score (nSPS) is 13.0. The van der Waals surface area contributed by atoms with Gasteiger partial charge in [0.2, 0.25) is 0 Å². The maximum atomic E-state index is 13.1. The molecule has 2 unspecified atom stereocenters. The summed E-state index contributed by atoms with van der Waals surface area (Å²) in [6.07, 6.45) is -2.00. The monoisotopic (exact) mass is 608 g/mol. The highest BCUT2D eigenvalue weighted by Gasteiger charge is 2.30. The predicted octanol–water partition coefficient (Wildman–Crippen LogP) is 7.39. The van der Waals surface area contributed by atoms with Gasteiger partial charge in [0.05, 0.1) is 5.56 Å². The number of ether oxygens (including phenoxy) is 1. The van der Waals surface area contributed by atoms with Gasteiger partial charge in [-0.1, -0.05) is 79.2 Å². The third-order valence-electron chi connectivity index (χ3n) is 7.58. The van der Waals surface area contributed by atoms with Crippen LogP contribution in [0.25, 0.3) is 10.8 Å². The Balaban J connectivity index is 1.21. The van der Waals surface area contributed by atoms with Crippen LogP contribution in [0.5, 0.6) is 5.75 Å². The van der Waals surface area contributed by atoms with Crippen molar-refractivity contribution in [3.05, 3.63) is 113 Å². The first-order chi connectivity index (χ1) is 21.2. The zero-order valence-electron chi connectivity index (χ0n) is 24.5. The number of hydrogen-bond donors (Lipinski definition) is 4. The average Bonchev–Trinajstić information content (AvgIpc) is 3.01. The SMILES string of the molecule is O=C(O)NCCC(c1ccc(C(F)(F)F)cc1)c1cccc(CCCCCNCC(O)COc2cccc3ccccc23)c1. The van der Waals surface area contributed by atoms with Crippen LogP contribution < -0.4 is 15.4 Å². The molecule has 0 spiro atoms. The van der Waals surface area contributed by atoms with Gasteiger partial charge in [-0.25, -0.2) is 4.79 Å². The van der Waals surface area contributed by atoms with E-state index in [9.17, 15) is 23.1 Å². The molecule has 4 N–H and O–H groups in total. The summed E-state index contributed by atoms with van der Waals surface area (Å²) in [5.74, 6) is 0.512. The molecular weight excluding hydrogens is 569 g/mol. The third kappa shape index (κ3) is 9.99. The number of amides is 1. The molecule has 2 atom stereocenters. The van der Waals surface area contributed by atoms with E-state index in [1.54, 1.807) is 0 Å². The number of fused-ring (bicyclic) bond motifs is 1. The van der Waals surface area contributed by atoms with Gasteiger partial charge in [0.1, 0.15) is 18.5 Å². The Morgan fingerprint density at radius 2 is 1.59 bits per heavy atom. The quantitative estimate of drug-likeness (QED) is 0.0996. The second kappa shape index (κ2) is 16.1. The summed E-state index contributed by atoms with van der Waals surface area (Å²) in [5, 5.41) is 27.1. The first kappa shape index (κ1) is 32.8. The van der Waals surface area contributed by atoms with Gasteiger partial charge in [-0.15, -0.1) is 0 Å². The van der Waals surface area contributed by atoms with Crippen molar-refractivity contribution in [3.8, 4) is 5.75 Å². The number of aryl methyl sites for hydroxylation is 1. The molecule has 6 nitrogen and oxygen atoms in total. The van der Waals surface area contributed by atoms with Crippen molar-refractivity contribution >= 4 is 16.9 Å². The van der Waals surface area contributed by atoms with Crippen molar-refractivity contribution < 1.29 is 32.9 Å². The van der Waals surface area contributed by atoms with Gasteiger partial charge in [0.15, 0.2) is 0 Å². The largest absolute Gasteiger partial charge is 0.490 e. The summed E-state index contributed by atoms with van der Waals surface area (Å²) in [6.45, 7) is 1.60. The summed E-state index contributed by atoms with van der Waals surface area (Å²) in [5.41, 5.74) is 2.06. The van der Waals surface area contributed by atoms with E-state index < -0.39 is 23.9 Å². The van der Waals surface area contributed by atoms with E-state index in [0.717, 1.165) is 72.0 Å². The highest BCUT2D eigenvalue weighted by molar-refractivity contribution is 5.88. The maximum Gasteiger partial charge on any atom is 0.416 e. The molecule has 0 aliphatic heterocycles. The number of unbranched alkanes of at least 4 members (excludes halogenated alkanes) is 2. The number of carboxylic acid groups (broad SMARTS) is 1. The molecule has 4 aromatic rings. The van der Waals surface area contributed by atoms with E-state index in [2.05, 4.69) is 16.7 Å². The minimum Gasteiger partial charge on any atom is -0.490 e. The summed E-state index contributed by atoms with van der Waals surface area (Å²) in [4.78, 5) is 11.0. The molecule has 0 aliphatic carbocycles. The number of alkyl halides is 3. The summed E-state index contributed by atoms with van der Waals surface area (Å²) < 4.78 is 45.1. The number of halogens is 3. The fourth-order valence-corrected chi connectivity index (χ4v) is 5.31. The van der Waals surface area contributed by atoms with Crippen molar-refractivity contribution in [2.45, 2.75) is 50.3 Å². The molecule has 4 rings (SSSR count). The van der Waals surface area contributed by atoms with Crippen molar-refractivity contribution in [2.75, 3.05) is 26.2 Å². The zero-order valence-corrected chi connectivity index (χ0v) is 24.5. The summed E-state index contributed by atoms with van der Waals surface area (Å²) in [6, 6.07) is 26.9. The van der Waals surface area contributed by atoms with E-state index in [1.165, 1.54) is 12.1 Å². The Bertz CT molecular complexity index is 1470. The number of hydrogen-bond acceptors (Lipinski definition) is 4. The Morgan fingerprint density at radius 1 is 0.841 bits per heavy atom. The van der Waals surface area contributed by atoms with Crippen LogP contribution >= 0.6 is 0 Å². The molecule has 4 aromatic carbocycles. The second-order valence-electron chi connectivity index (χ2n) is 10.9. The van der Waals surface area contributed by atoms with Crippen molar-refractivity contribution in [1.82, 2.24) is 10.6 Å². The van der Waals surface area contributed by atoms with Crippen LogP contribution in [0.2, 0.25) is 0 Å². The van der Waals surface area contributed by atoms with Gasteiger partial charge in [-0.2, -0.15) is 13.2 Å². The smallest absolute Gasteiger partial charge is 0.416 e. The lowest BCUT2D eigenvalue weighted by Crippen LogP contribution is -2.32. The van der Waals surface area contributed by atoms with Crippen LogP contribution in [0.15, 0.2) is 91.0 Å². The van der Waals surface area contributed by atoms with Crippen LogP contribution in [0.4, 0.5) is 18.0 Å². The molecule has 234 valence electrons. The molecule has 0 heterocycles. The number of nitrogens with one attached hydrogen (secondary N) is 2. The van der Waals surface area contributed by atoms with Gasteiger partial charge in [0, 0.05) is 24.4 Å².